The Balaban J connectivity index is 1.53. The lowest BCUT2D eigenvalue weighted by Gasteiger charge is -2.10. The highest BCUT2D eigenvalue weighted by molar-refractivity contribution is 7.99. The second-order valence-electron chi connectivity index (χ2n) is 6.36. The van der Waals surface area contributed by atoms with Gasteiger partial charge in [-0.1, -0.05) is 18.2 Å². The van der Waals surface area contributed by atoms with Gasteiger partial charge in [0, 0.05) is 15.8 Å². The minimum Gasteiger partial charge on any atom is -0.411 e. The minimum atomic E-state index is 0.513. The van der Waals surface area contributed by atoms with Gasteiger partial charge in [0.2, 0.25) is 5.89 Å². The van der Waals surface area contributed by atoms with Gasteiger partial charge in [-0.2, -0.15) is 0 Å². The van der Waals surface area contributed by atoms with Crippen molar-refractivity contribution in [1.82, 2.24) is 20.2 Å². The van der Waals surface area contributed by atoms with Gasteiger partial charge < -0.3 is 4.42 Å². The molecule has 26 heavy (non-hydrogen) atoms. The zero-order valence-electron chi connectivity index (χ0n) is 14.2. The lowest BCUT2D eigenvalue weighted by molar-refractivity contribution is 0.465. The molecule has 0 spiro atoms. The first kappa shape index (κ1) is 16.0. The topological polar surface area (TPSA) is 64.7 Å². The fourth-order valence-corrected chi connectivity index (χ4v) is 5.48. The maximum Gasteiger partial charge on any atom is 0.283 e. The SMILES string of the molecule is Cc1ccccc1-c1nnc(Sc2ncnc3sc4c(c23)CCCC4)o1. The maximum absolute atomic E-state index is 5.91. The van der Waals surface area contributed by atoms with Gasteiger partial charge in [0.15, 0.2) is 0 Å². The van der Waals surface area contributed by atoms with Crippen LogP contribution in [-0.4, -0.2) is 20.2 Å². The highest BCUT2D eigenvalue weighted by Gasteiger charge is 2.21. The Morgan fingerprint density at radius 1 is 1.08 bits per heavy atom. The van der Waals surface area contributed by atoms with Gasteiger partial charge in [0.05, 0.1) is 0 Å². The quantitative estimate of drug-likeness (QED) is 0.462. The number of hydrogen-bond donors (Lipinski definition) is 0. The van der Waals surface area contributed by atoms with Gasteiger partial charge in [-0.3, -0.25) is 0 Å². The van der Waals surface area contributed by atoms with Crippen molar-refractivity contribution in [3.8, 4) is 11.5 Å². The monoisotopic (exact) mass is 380 g/mol. The van der Waals surface area contributed by atoms with Crippen LogP contribution in [0.5, 0.6) is 0 Å². The highest BCUT2D eigenvalue weighted by Crippen LogP contribution is 2.41. The van der Waals surface area contributed by atoms with Crippen LogP contribution in [0.4, 0.5) is 0 Å². The molecule has 3 heterocycles. The van der Waals surface area contributed by atoms with Gasteiger partial charge >= 0.3 is 0 Å². The Hall–Kier alpha value is -2.25. The van der Waals surface area contributed by atoms with Crippen molar-refractivity contribution in [2.75, 3.05) is 0 Å². The van der Waals surface area contributed by atoms with Crippen LogP contribution in [0.3, 0.4) is 0 Å². The van der Waals surface area contributed by atoms with E-state index >= 15 is 0 Å². The van der Waals surface area contributed by atoms with Crippen molar-refractivity contribution >= 4 is 33.3 Å². The lowest BCUT2D eigenvalue weighted by atomic mass is 9.97. The zero-order valence-corrected chi connectivity index (χ0v) is 15.9. The third kappa shape index (κ3) is 2.71. The Morgan fingerprint density at radius 3 is 2.88 bits per heavy atom. The molecule has 0 aliphatic heterocycles. The molecule has 0 bridgehead atoms. The fraction of sp³-hybridized carbons (Fsp3) is 0.263. The standard InChI is InChI=1S/C19H16N4OS2/c1-11-6-2-3-7-12(11)16-22-23-19(24-16)26-18-15-13-8-4-5-9-14(13)25-17(15)20-10-21-18/h2-3,6-7,10H,4-5,8-9H2,1H3. The summed E-state index contributed by atoms with van der Waals surface area (Å²) in [6.45, 7) is 2.04. The first-order valence-corrected chi connectivity index (χ1v) is 10.3. The summed E-state index contributed by atoms with van der Waals surface area (Å²) in [5.41, 5.74) is 3.50. The minimum absolute atomic E-state index is 0.513. The van der Waals surface area contributed by atoms with Crippen LogP contribution in [0.15, 0.2) is 45.3 Å². The Labute approximate surface area is 158 Å². The number of thiophene rings is 1. The second-order valence-corrected chi connectivity index (χ2v) is 8.38. The summed E-state index contributed by atoms with van der Waals surface area (Å²) in [6.07, 6.45) is 6.38. The summed E-state index contributed by atoms with van der Waals surface area (Å²) in [5.74, 6) is 0.545. The van der Waals surface area contributed by atoms with E-state index in [4.69, 9.17) is 4.42 Å². The van der Waals surface area contributed by atoms with E-state index in [9.17, 15) is 0 Å². The van der Waals surface area contributed by atoms with Crippen molar-refractivity contribution in [3.63, 3.8) is 0 Å². The number of rotatable bonds is 3. The van der Waals surface area contributed by atoms with E-state index in [1.54, 1.807) is 17.7 Å². The molecular formula is C19H16N4OS2. The Bertz CT molecular complexity index is 1100. The Kier molecular flexibility index (Phi) is 3.98. The van der Waals surface area contributed by atoms with Crippen LogP contribution in [0, 0.1) is 6.92 Å². The molecule has 0 saturated heterocycles. The van der Waals surface area contributed by atoms with Gasteiger partial charge in [0.1, 0.15) is 16.2 Å². The third-order valence-electron chi connectivity index (χ3n) is 4.68. The van der Waals surface area contributed by atoms with E-state index in [2.05, 4.69) is 20.2 Å². The van der Waals surface area contributed by atoms with Crippen LogP contribution >= 0.6 is 23.1 Å². The first-order valence-electron chi connectivity index (χ1n) is 8.62. The normalized spacial score (nSPS) is 13.9. The summed E-state index contributed by atoms with van der Waals surface area (Å²) in [7, 11) is 0. The smallest absolute Gasteiger partial charge is 0.283 e. The van der Waals surface area contributed by atoms with Gasteiger partial charge in [-0.25, -0.2) is 9.97 Å². The summed E-state index contributed by atoms with van der Waals surface area (Å²) in [5, 5.41) is 11.0. The largest absolute Gasteiger partial charge is 0.411 e. The van der Waals surface area contributed by atoms with Crippen molar-refractivity contribution < 1.29 is 4.42 Å². The molecule has 5 nitrogen and oxygen atoms in total. The predicted octanol–water partition coefficient (Wildman–Crippen LogP) is 5.08. The Morgan fingerprint density at radius 2 is 1.96 bits per heavy atom. The van der Waals surface area contributed by atoms with Gasteiger partial charge in [-0.05, 0) is 61.6 Å². The molecule has 7 heteroatoms. The van der Waals surface area contributed by atoms with E-state index in [0.717, 1.165) is 33.8 Å². The molecule has 1 aliphatic carbocycles. The average molecular weight is 380 g/mol. The molecule has 3 aromatic heterocycles. The molecule has 4 aromatic rings. The molecule has 130 valence electrons. The van der Waals surface area contributed by atoms with E-state index in [0.29, 0.717) is 11.1 Å². The van der Waals surface area contributed by atoms with Crippen LogP contribution in [0.25, 0.3) is 21.7 Å². The molecule has 1 aromatic carbocycles. The van der Waals surface area contributed by atoms with Crippen LogP contribution in [-0.2, 0) is 12.8 Å². The molecule has 0 saturated carbocycles. The molecule has 1 aliphatic rings. The number of fused-ring (bicyclic) bond motifs is 3. The summed E-state index contributed by atoms with van der Waals surface area (Å²) >= 11 is 3.23. The number of benzene rings is 1. The van der Waals surface area contributed by atoms with Crippen molar-refractivity contribution in [2.24, 2.45) is 0 Å². The van der Waals surface area contributed by atoms with Crippen LogP contribution < -0.4 is 0 Å². The predicted molar refractivity (Wildman–Crippen MR) is 103 cm³/mol. The van der Waals surface area contributed by atoms with E-state index in [-0.39, 0.29) is 0 Å². The fourth-order valence-electron chi connectivity index (χ4n) is 3.39. The number of aryl methyl sites for hydroxylation is 3. The average Bonchev–Trinajstić information content (AvgIpc) is 3.27. The first-order chi connectivity index (χ1) is 12.8. The van der Waals surface area contributed by atoms with Crippen LogP contribution in [0.2, 0.25) is 0 Å². The lowest BCUT2D eigenvalue weighted by Crippen LogP contribution is -1.98. The third-order valence-corrected chi connectivity index (χ3v) is 6.72. The molecule has 0 atom stereocenters. The van der Waals surface area contributed by atoms with E-state index in [1.807, 2.05) is 31.2 Å². The second kappa shape index (κ2) is 6.48. The molecule has 0 fully saturated rings. The summed E-state index contributed by atoms with van der Waals surface area (Å²) < 4.78 is 5.91. The molecule has 0 amide bonds. The van der Waals surface area contributed by atoms with Gasteiger partial charge in [0.25, 0.3) is 5.22 Å². The number of aromatic nitrogens is 4. The van der Waals surface area contributed by atoms with Crippen molar-refractivity contribution in [3.05, 3.63) is 46.6 Å². The molecule has 5 rings (SSSR count). The molecule has 0 radical (unpaired) electrons. The van der Waals surface area contributed by atoms with E-state index < -0.39 is 0 Å². The summed E-state index contributed by atoms with van der Waals surface area (Å²) in [6, 6.07) is 8.01. The van der Waals surface area contributed by atoms with Crippen molar-refractivity contribution in [2.45, 2.75) is 42.9 Å². The van der Waals surface area contributed by atoms with Crippen molar-refractivity contribution in [1.29, 1.82) is 0 Å². The van der Waals surface area contributed by atoms with Crippen LogP contribution in [0.1, 0.15) is 28.8 Å². The molecular weight excluding hydrogens is 364 g/mol. The molecule has 0 N–H and O–H groups in total. The zero-order chi connectivity index (χ0) is 17.5. The van der Waals surface area contributed by atoms with Gasteiger partial charge in [-0.15, -0.1) is 21.5 Å². The maximum atomic E-state index is 5.91. The molecule has 0 unspecified atom stereocenters. The number of nitrogens with zero attached hydrogens (tertiary/aromatic N) is 4. The number of hydrogen-bond acceptors (Lipinski definition) is 7. The van der Waals surface area contributed by atoms with E-state index in [1.165, 1.54) is 40.4 Å². The highest BCUT2D eigenvalue weighted by atomic mass is 32.2. The summed E-state index contributed by atoms with van der Waals surface area (Å²) in [4.78, 5) is 11.5.